The van der Waals surface area contributed by atoms with Crippen molar-refractivity contribution in [3.8, 4) is 0 Å². The summed E-state index contributed by atoms with van der Waals surface area (Å²) in [5, 5.41) is 19.9. The summed E-state index contributed by atoms with van der Waals surface area (Å²) >= 11 is 1.33. The number of thioether (sulfide) groups is 1. The zero-order valence-electron chi connectivity index (χ0n) is 10.3. The van der Waals surface area contributed by atoms with Crippen molar-refractivity contribution >= 4 is 23.4 Å². The number of nitrogens with zero attached hydrogens (tertiary/aromatic N) is 1. The lowest BCUT2D eigenvalue weighted by atomic mass is 10.2. The molecule has 98 valence electrons. The van der Waals surface area contributed by atoms with Crippen molar-refractivity contribution in [1.82, 2.24) is 0 Å². The third kappa shape index (κ3) is 3.73. The summed E-state index contributed by atoms with van der Waals surface area (Å²) in [7, 11) is 0. The second-order valence-electron chi connectivity index (χ2n) is 4.25. The van der Waals surface area contributed by atoms with Crippen molar-refractivity contribution in [3.05, 3.63) is 33.9 Å². The highest BCUT2D eigenvalue weighted by atomic mass is 32.2. The zero-order valence-corrected chi connectivity index (χ0v) is 11.1. The van der Waals surface area contributed by atoms with E-state index in [9.17, 15) is 14.9 Å². The number of hydrogen-bond donors (Lipinski definition) is 1. The molecule has 0 bridgehead atoms. The van der Waals surface area contributed by atoms with E-state index in [1.165, 1.54) is 23.9 Å². The molecule has 0 spiro atoms. The van der Waals surface area contributed by atoms with E-state index in [2.05, 4.69) is 13.8 Å². The molecule has 0 radical (unpaired) electrons. The molecule has 0 aliphatic rings. The molecule has 1 aromatic carbocycles. The van der Waals surface area contributed by atoms with Gasteiger partial charge < -0.3 is 5.11 Å². The van der Waals surface area contributed by atoms with Gasteiger partial charge in [0.2, 0.25) is 0 Å². The fourth-order valence-corrected chi connectivity index (χ4v) is 2.71. The number of carboxylic acid groups (broad SMARTS) is 1. The van der Waals surface area contributed by atoms with Crippen LogP contribution < -0.4 is 0 Å². The number of rotatable bonds is 6. The highest BCUT2D eigenvalue weighted by molar-refractivity contribution is 7.99. The molecule has 18 heavy (non-hydrogen) atoms. The summed E-state index contributed by atoms with van der Waals surface area (Å²) in [5.41, 5.74) is -0.562. The third-order valence-electron chi connectivity index (χ3n) is 2.36. The molecular formula is C12H15NO4S. The third-order valence-corrected chi connectivity index (χ3v) is 3.45. The molecule has 0 fully saturated rings. The van der Waals surface area contributed by atoms with Crippen molar-refractivity contribution in [3.63, 3.8) is 0 Å². The number of carbonyl (C=O) groups is 1. The standard InChI is InChI=1S/C12H15NO4S/c1-8(2)6-7-18-10-5-3-4-9(12(14)15)11(10)13(16)17/h3-5,8H,6-7H2,1-2H3,(H,14,15). The van der Waals surface area contributed by atoms with Crippen molar-refractivity contribution in [2.45, 2.75) is 25.2 Å². The average molecular weight is 269 g/mol. The summed E-state index contributed by atoms with van der Waals surface area (Å²) in [6, 6.07) is 4.39. The van der Waals surface area contributed by atoms with Crippen LogP contribution in [0, 0.1) is 16.0 Å². The quantitative estimate of drug-likeness (QED) is 0.486. The minimum atomic E-state index is -1.27. The molecule has 0 aromatic heterocycles. The molecule has 0 amide bonds. The Hall–Kier alpha value is -1.56. The number of aromatic carboxylic acids is 1. The maximum atomic E-state index is 11.0. The second-order valence-corrected chi connectivity index (χ2v) is 5.38. The van der Waals surface area contributed by atoms with E-state index in [0.717, 1.165) is 12.2 Å². The molecule has 0 unspecified atom stereocenters. The van der Waals surface area contributed by atoms with E-state index in [1.54, 1.807) is 6.07 Å². The summed E-state index contributed by atoms with van der Waals surface area (Å²) in [5.74, 6) is -0.0195. The largest absolute Gasteiger partial charge is 0.477 e. The highest BCUT2D eigenvalue weighted by Gasteiger charge is 2.24. The summed E-state index contributed by atoms with van der Waals surface area (Å²) in [6.07, 6.45) is 0.930. The molecule has 6 heteroatoms. The first-order chi connectivity index (χ1) is 8.43. The van der Waals surface area contributed by atoms with E-state index in [4.69, 9.17) is 5.11 Å². The van der Waals surface area contributed by atoms with E-state index in [1.807, 2.05) is 0 Å². The van der Waals surface area contributed by atoms with Gasteiger partial charge >= 0.3 is 5.97 Å². The Morgan fingerprint density at radius 2 is 2.17 bits per heavy atom. The molecule has 1 aromatic rings. The van der Waals surface area contributed by atoms with Gasteiger partial charge in [-0.1, -0.05) is 19.9 Å². The van der Waals surface area contributed by atoms with E-state index < -0.39 is 10.9 Å². The van der Waals surface area contributed by atoms with Gasteiger partial charge in [0.05, 0.1) is 9.82 Å². The van der Waals surface area contributed by atoms with E-state index in [0.29, 0.717) is 10.8 Å². The topological polar surface area (TPSA) is 80.4 Å². The SMILES string of the molecule is CC(C)CCSc1cccc(C(=O)O)c1[N+](=O)[O-]. The van der Waals surface area contributed by atoms with Crippen LogP contribution in [0.15, 0.2) is 23.1 Å². The smallest absolute Gasteiger partial charge is 0.342 e. The molecule has 1 N–H and O–H groups in total. The van der Waals surface area contributed by atoms with Gasteiger partial charge in [0.15, 0.2) is 0 Å². The van der Waals surface area contributed by atoms with Crippen molar-refractivity contribution in [2.24, 2.45) is 5.92 Å². The Balaban J connectivity index is 3.00. The zero-order chi connectivity index (χ0) is 13.7. The number of nitro groups is 1. The Kier molecular flexibility index (Phi) is 5.15. The van der Waals surface area contributed by atoms with E-state index in [-0.39, 0.29) is 11.3 Å². The molecule has 5 nitrogen and oxygen atoms in total. The van der Waals surface area contributed by atoms with Gasteiger partial charge in [0.25, 0.3) is 5.69 Å². The molecule has 1 rings (SSSR count). The predicted molar refractivity (Wildman–Crippen MR) is 70.2 cm³/mol. The van der Waals surface area contributed by atoms with Crippen molar-refractivity contribution < 1.29 is 14.8 Å². The van der Waals surface area contributed by atoms with Gasteiger partial charge in [-0.3, -0.25) is 10.1 Å². The van der Waals surface area contributed by atoms with Crippen LogP contribution >= 0.6 is 11.8 Å². The van der Waals surface area contributed by atoms with Crippen LogP contribution in [-0.4, -0.2) is 21.8 Å². The van der Waals surface area contributed by atoms with Gasteiger partial charge in [-0.15, -0.1) is 11.8 Å². The first-order valence-corrected chi connectivity index (χ1v) is 6.55. The minimum absolute atomic E-state index is 0.255. The Morgan fingerprint density at radius 1 is 1.50 bits per heavy atom. The number of para-hydroxylation sites is 1. The van der Waals surface area contributed by atoms with Gasteiger partial charge in [0, 0.05) is 0 Å². The summed E-state index contributed by atoms with van der Waals surface area (Å²) in [4.78, 5) is 21.7. The molecule has 0 aliphatic heterocycles. The monoisotopic (exact) mass is 269 g/mol. The molecule has 0 saturated carbocycles. The predicted octanol–water partition coefficient (Wildman–Crippen LogP) is 3.43. The second kappa shape index (κ2) is 6.39. The fraction of sp³-hybridized carbons (Fsp3) is 0.417. The number of hydrogen-bond acceptors (Lipinski definition) is 4. The van der Waals surface area contributed by atoms with Crippen molar-refractivity contribution in [2.75, 3.05) is 5.75 Å². The fourth-order valence-electron chi connectivity index (χ4n) is 1.40. The van der Waals surface area contributed by atoms with Gasteiger partial charge in [0.1, 0.15) is 5.56 Å². The van der Waals surface area contributed by atoms with Crippen LogP contribution in [0.4, 0.5) is 5.69 Å². The molecule has 0 heterocycles. The lowest BCUT2D eigenvalue weighted by Gasteiger charge is -2.06. The maximum absolute atomic E-state index is 11.0. The maximum Gasteiger partial charge on any atom is 0.342 e. The van der Waals surface area contributed by atoms with Gasteiger partial charge in [-0.25, -0.2) is 4.79 Å². The summed E-state index contributed by atoms with van der Waals surface area (Å²) < 4.78 is 0. The van der Waals surface area contributed by atoms with Crippen LogP contribution in [0.5, 0.6) is 0 Å². The van der Waals surface area contributed by atoms with Crippen LogP contribution in [-0.2, 0) is 0 Å². The Morgan fingerprint density at radius 3 is 2.67 bits per heavy atom. The van der Waals surface area contributed by atoms with Crippen LogP contribution in [0.3, 0.4) is 0 Å². The molecule has 0 atom stereocenters. The lowest BCUT2D eigenvalue weighted by molar-refractivity contribution is -0.388. The number of benzene rings is 1. The lowest BCUT2D eigenvalue weighted by Crippen LogP contribution is -2.04. The molecular weight excluding hydrogens is 254 g/mol. The average Bonchev–Trinajstić information content (AvgIpc) is 2.27. The molecule has 0 saturated heterocycles. The summed E-state index contributed by atoms with van der Waals surface area (Å²) in [6.45, 7) is 4.14. The van der Waals surface area contributed by atoms with Crippen molar-refractivity contribution in [1.29, 1.82) is 0 Å². The normalized spacial score (nSPS) is 10.6. The highest BCUT2D eigenvalue weighted by Crippen LogP contribution is 2.33. The number of nitro benzene ring substituents is 1. The molecule has 0 aliphatic carbocycles. The van der Waals surface area contributed by atoms with E-state index >= 15 is 0 Å². The minimum Gasteiger partial charge on any atom is -0.477 e. The Labute approximate surface area is 109 Å². The van der Waals surface area contributed by atoms with Crippen LogP contribution in [0.25, 0.3) is 0 Å². The van der Waals surface area contributed by atoms with Gasteiger partial charge in [-0.05, 0) is 30.2 Å². The first-order valence-electron chi connectivity index (χ1n) is 5.57. The van der Waals surface area contributed by atoms with Crippen LogP contribution in [0.1, 0.15) is 30.6 Å². The Bertz CT molecular complexity index is 459. The van der Waals surface area contributed by atoms with Gasteiger partial charge in [-0.2, -0.15) is 0 Å². The number of carboxylic acids is 1. The van der Waals surface area contributed by atoms with Crippen LogP contribution in [0.2, 0.25) is 0 Å². The first kappa shape index (κ1) is 14.5.